The summed E-state index contributed by atoms with van der Waals surface area (Å²) in [7, 11) is 1.67. The number of carbonyl (C=O) groups is 1. The van der Waals surface area contributed by atoms with E-state index in [-0.39, 0.29) is 5.91 Å². The maximum absolute atomic E-state index is 13.1. The van der Waals surface area contributed by atoms with Crippen LogP contribution in [0.15, 0.2) is 55.1 Å². The van der Waals surface area contributed by atoms with Gasteiger partial charge in [0.15, 0.2) is 0 Å². The predicted molar refractivity (Wildman–Crippen MR) is 131 cm³/mol. The van der Waals surface area contributed by atoms with E-state index in [9.17, 15) is 4.79 Å². The number of ether oxygens (including phenoxy) is 1. The molecule has 2 aliphatic carbocycles. The van der Waals surface area contributed by atoms with Gasteiger partial charge in [0.05, 0.1) is 30.3 Å². The Morgan fingerprint density at radius 3 is 2.74 bits per heavy atom. The van der Waals surface area contributed by atoms with Gasteiger partial charge in [-0.05, 0) is 73.1 Å². The number of benzene rings is 1. The molecule has 8 heteroatoms. The first-order valence-electron chi connectivity index (χ1n) is 12.0. The maximum Gasteiger partial charge on any atom is 0.254 e. The fourth-order valence-corrected chi connectivity index (χ4v) is 4.71. The number of carbonyl (C=O) groups excluding carboxylic acids is 1. The largest absolute Gasteiger partial charge is 0.497 e. The summed E-state index contributed by atoms with van der Waals surface area (Å²) in [6.07, 6.45) is 11.7. The van der Waals surface area contributed by atoms with Crippen LogP contribution in [0.4, 0.5) is 0 Å². The van der Waals surface area contributed by atoms with Crippen molar-refractivity contribution in [3.63, 3.8) is 0 Å². The van der Waals surface area contributed by atoms with E-state index in [0.29, 0.717) is 24.0 Å². The second-order valence-electron chi connectivity index (χ2n) is 9.06. The van der Waals surface area contributed by atoms with Crippen LogP contribution < -0.4 is 10.1 Å². The number of hydrogen-bond acceptors (Lipinski definition) is 6. The number of methoxy groups -OCH3 is 1. The minimum atomic E-state index is -0.111. The first-order chi connectivity index (χ1) is 17.2. The molecule has 35 heavy (non-hydrogen) atoms. The van der Waals surface area contributed by atoms with Crippen molar-refractivity contribution in [1.82, 2.24) is 30.0 Å². The van der Waals surface area contributed by atoms with Crippen molar-refractivity contribution >= 4 is 5.91 Å². The molecular weight excluding hydrogens is 440 g/mol. The van der Waals surface area contributed by atoms with Crippen LogP contribution >= 0.6 is 0 Å². The quantitative estimate of drug-likeness (QED) is 0.447. The molecule has 0 radical (unpaired) electrons. The minimum Gasteiger partial charge on any atom is -0.497 e. The number of aryl methyl sites for hydroxylation is 2. The molecule has 8 nitrogen and oxygen atoms in total. The van der Waals surface area contributed by atoms with Crippen LogP contribution in [0, 0.1) is 0 Å². The van der Waals surface area contributed by atoms with E-state index in [0.717, 1.165) is 65.9 Å². The molecule has 0 bridgehead atoms. The third kappa shape index (κ3) is 4.16. The number of pyridine rings is 1. The van der Waals surface area contributed by atoms with E-state index in [1.54, 1.807) is 30.4 Å². The lowest BCUT2D eigenvalue weighted by molar-refractivity contribution is 0.0953. The highest BCUT2D eigenvalue weighted by atomic mass is 16.5. The Balaban J connectivity index is 1.30. The molecule has 0 atom stereocenters. The van der Waals surface area contributed by atoms with Crippen LogP contribution in [0.1, 0.15) is 51.5 Å². The van der Waals surface area contributed by atoms with E-state index in [2.05, 4.69) is 26.4 Å². The smallest absolute Gasteiger partial charge is 0.254 e. The van der Waals surface area contributed by atoms with Gasteiger partial charge in [-0.1, -0.05) is 6.07 Å². The van der Waals surface area contributed by atoms with Gasteiger partial charge in [-0.25, -0.2) is 14.6 Å². The van der Waals surface area contributed by atoms with E-state index in [1.165, 1.54) is 5.56 Å². The molecule has 3 aromatic heterocycles. The monoisotopic (exact) mass is 466 g/mol. The average Bonchev–Trinajstić information content (AvgIpc) is 3.65. The highest BCUT2D eigenvalue weighted by Crippen LogP contribution is 2.42. The summed E-state index contributed by atoms with van der Waals surface area (Å²) >= 11 is 0. The zero-order chi connectivity index (χ0) is 23.8. The van der Waals surface area contributed by atoms with Crippen LogP contribution in [0.5, 0.6) is 5.75 Å². The zero-order valence-corrected chi connectivity index (χ0v) is 19.6. The fourth-order valence-electron chi connectivity index (χ4n) is 4.71. The van der Waals surface area contributed by atoms with E-state index in [4.69, 9.17) is 9.72 Å². The Morgan fingerprint density at radius 1 is 1.11 bits per heavy atom. The van der Waals surface area contributed by atoms with Crippen molar-refractivity contribution in [3.8, 4) is 23.0 Å². The Hall–Kier alpha value is -4.07. The average molecular weight is 467 g/mol. The third-order valence-corrected chi connectivity index (χ3v) is 6.74. The van der Waals surface area contributed by atoms with Crippen molar-refractivity contribution < 1.29 is 9.53 Å². The summed E-state index contributed by atoms with van der Waals surface area (Å²) in [6.45, 7) is 0.548. The maximum atomic E-state index is 13.1. The van der Waals surface area contributed by atoms with Gasteiger partial charge < -0.3 is 10.1 Å². The van der Waals surface area contributed by atoms with Crippen LogP contribution in [-0.4, -0.2) is 44.3 Å². The molecule has 176 valence electrons. The van der Waals surface area contributed by atoms with Crippen LogP contribution in [0.2, 0.25) is 0 Å². The fraction of sp³-hybridized carbons (Fsp3) is 0.296. The lowest BCUT2D eigenvalue weighted by Gasteiger charge is -2.20. The molecule has 3 heterocycles. The lowest BCUT2D eigenvalue weighted by atomic mass is 9.90. The Labute approximate surface area is 203 Å². The molecule has 6 rings (SSSR count). The second-order valence-corrected chi connectivity index (χ2v) is 9.06. The molecule has 1 saturated carbocycles. The van der Waals surface area contributed by atoms with Crippen LogP contribution in [0.25, 0.3) is 17.2 Å². The third-order valence-electron chi connectivity index (χ3n) is 6.74. The van der Waals surface area contributed by atoms with E-state index in [1.807, 2.05) is 30.5 Å². The molecule has 2 aliphatic rings. The predicted octanol–water partition coefficient (Wildman–Crippen LogP) is 3.68. The number of amides is 1. The summed E-state index contributed by atoms with van der Waals surface area (Å²) in [5, 5.41) is 7.61. The molecule has 0 unspecified atom stereocenters. The molecule has 1 N–H and O–H groups in total. The van der Waals surface area contributed by atoms with Gasteiger partial charge in [-0.3, -0.25) is 9.78 Å². The molecule has 1 amide bonds. The second kappa shape index (κ2) is 8.94. The van der Waals surface area contributed by atoms with Crippen molar-refractivity contribution in [3.05, 3.63) is 83.1 Å². The molecule has 0 aliphatic heterocycles. The SMILES string of the molecule is COc1ccc2c(c1)-c1nc(-n3ncc(C(=O)NCCc4ccncc4)c3C3CC3)ncc1CC2. The van der Waals surface area contributed by atoms with Gasteiger partial charge in [-0.2, -0.15) is 5.10 Å². The Morgan fingerprint density at radius 2 is 1.94 bits per heavy atom. The first-order valence-corrected chi connectivity index (χ1v) is 12.0. The van der Waals surface area contributed by atoms with Crippen LogP contribution in [0.3, 0.4) is 0 Å². The molecule has 0 saturated heterocycles. The summed E-state index contributed by atoms with van der Waals surface area (Å²) in [4.78, 5) is 26.7. The van der Waals surface area contributed by atoms with Crippen molar-refractivity contribution in [2.24, 2.45) is 0 Å². The van der Waals surface area contributed by atoms with Gasteiger partial charge in [0.2, 0.25) is 0 Å². The summed E-state index contributed by atoms with van der Waals surface area (Å²) < 4.78 is 7.20. The lowest BCUT2D eigenvalue weighted by Crippen LogP contribution is -2.26. The summed E-state index contributed by atoms with van der Waals surface area (Å²) in [6, 6.07) is 10.1. The topological polar surface area (TPSA) is 94.8 Å². The van der Waals surface area contributed by atoms with Crippen molar-refractivity contribution in [2.45, 2.75) is 38.0 Å². The number of nitrogens with one attached hydrogen (secondary N) is 1. The number of aromatic nitrogens is 5. The number of fused-ring (bicyclic) bond motifs is 3. The van der Waals surface area contributed by atoms with E-state index < -0.39 is 0 Å². The van der Waals surface area contributed by atoms with Gasteiger partial charge in [0.1, 0.15) is 5.75 Å². The normalized spacial score (nSPS) is 14.2. The Kier molecular flexibility index (Phi) is 5.48. The molecule has 1 fully saturated rings. The number of hydrogen-bond donors (Lipinski definition) is 1. The highest BCUT2D eigenvalue weighted by molar-refractivity contribution is 5.95. The van der Waals surface area contributed by atoms with Crippen LogP contribution in [-0.2, 0) is 19.3 Å². The van der Waals surface area contributed by atoms with Crippen molar-refractivity contribution in [1.29, 1.82) is 0 Å². The first kappa shape index (κ1) is 21.5. The van der Waals surface area contributed by atoms with Gasteiger partial charge >= 0.3 is 0 Å². The van der Waals surface area contributed by atoms with E-state index >= 15 is 0 Å². The zero-order valence-electron chi connectivity index (χ0n) is 19.6. The molecule has 0 spiro atoms. The molecule has 4 aromatic rings. The number of nitrogens with zero attached hydrogens (tertiary/aromatic N) is 5. The van der Waals surface area contributed by atoms with Crippen molar-refractivity contribution in [2.75, 3.05) is 13.7 Å². The van der Waals surface area contributed by atoms with Gasteiger partial charge in [0.25, 0.3) is 11.9 Å². The number of rotatable bonds is 7. The van der Waals surface area contributed by atoms with Gasteiger partial charge in [0, 0.05) is 36.6 Å². The summed E-state index contributed by atoms with van der Waals surface area (Å²) in [5.41, 5.74) is 6.99. The standard InChI is InChI=1S/C27H26N6O2/c1-35-21-7-6-18-2-5-20-15-30-27(32-24(20)22(18)14-21)33-25(19-3-4-19)23(16-31-33)26(34)29-13-10-17-8-11-28-12-9-17/h6-9,11-12,14-16,19H,2-5,10,13H2,1H3,(H,29,34). The molecule has 1 aromatic carbocycles. The molecular formula is C27H26N6O2. The summed E-state index contributed by atoms with van der Waals surface area (Å²) in [5.74, 6) is 1.49. The van der Waals surface area contributed by atoms with Gasteiger partial charge in [-0.15, -0.1) is 0 Å². The Bertz CT molecular complexity index is 1390. The highest BCUT2D eigenvalue weighted by Gasteiger charge is 2.34. The minimum absolute atomic E-state index is 0.111.